The van der Waals surface area contributed by atoms with Gasteiger partial charge >= 0.3 is 11.9 Å². The summed E-state index contributed by atoms with van der Waals surface area (Å²) in [7, 11) is 0. The van der Waals surface area contributed by atoms with Crippen LogP contribution in [0.1, 0.15) is 43.2 Å². The highest BCUT2D eigenvalue weighted by Crippen LogP contribution is 2.42. The zero-order chi connectivity index (χ0) is 37.8. The lowest BCUT2D eigenvalue weighted by atomic mass is 9.77. The predicted octanol–water partition coefficient (Wildman–Crippen LogP) is 5.78. The van der Waals surface area contributed by atoms with Gasteiger partial charge in [0.2, 0.25) is 6.61 Å². The molecule has 4 aromatic rings. The molecule has 0 spiro atoms. The summed E-state index contributed by atoms with van der Waals surface area (Å²) >= 11 is 4.68. The number of β-lactam (4-membered cyclic amide) rings is 1. The molecule has 53 heavy (non-hydrogen) atoms. The number of nitrogens with zero attached hydrogens (tertiary/aromatic N) is 3. The molecule has 3 N–H and O–H groups in total. The Bertz CT molecular complexity index is 1960. The van der Waals surface area contributed by atoms with Crippen LogP contribution in [0.4, 0.5) is 5.13 Å². The minimum atomic E-state index is -1.20. The standard InChI is InChI=1S/C38H36IN5O7S2/c1-37(2,3)51-28(45)20-50-43-29(32(46)41-30-33(47)44-31(35(48)49)23(19-39)21-52-34(30)44)27-22-53-36(40-27)42-38(24-13-7-4-8-14-24,25-15-9-5-10-16-25)26-17-11-6-12-18-26/h4-18,22,30,34H,19-21H2,1-3H3,(H,40,42)(H,41,46)(H,48,49)/b43-29-/t30?,34-/m0/s1. The number of esters is 1. The van der Waals surface area contributed by atoms with Gasteiger partial charge in [0, 0.05) is 15.6 Å². The van der Waals surface area contributed by atoms with Gasteiger partial charge in [0.15, 0.2) is 10.8 Å². The van der Waals surface area contributed by atoms with Crippen molar-refractivity contribution in [2.24, 2.45) is 5.16 Å². The van der Waals surface area contributed by atoms with Gasteiger partial charge in [-0.15, -0.1) is 23.1 Å². The largest absolute Gasteiger partial charge is 0.477 e. The molecule has 2 aliphatic rings. The molecule has 1 unspecified atom stereocenters. The van der Waals surface area contributed by atoms with Crippen molar-refractivity contribution in [3.63, 3.8) is 0 Å². The Balaban J connectivity index is 1.34. The van der Waals surface area contributed by atoms with Crippen molar-refractivity contribution in [2.75, 3.05) is 22.1 Å². The molecule has 2 amide bonds. The van der Waals surface area contributed by atoms with Gasteiger partial charge in [-0.1, -0.05) is 119 Å². The summed E-state index contributed by atoms with van der Waals surface area (Å²) in [5, 5.41) is 21.7. The number of aromatic nitrogens is 1. The number of anilines is 1. The Labute approximate surface area is 328 Å². The van der Waals surface area contributed by atoms with Crippen molar-refractivity contribution >= 4 is 80.3 Å². The quantitative estimate of drug-likeness (QED) is 0.0286. The van der Waals surface area contributed by atoms with E-state index in [9.17, 15) is 24.3 Å². The van der Waals surface area contributed by atoms with E-state index >= 15 is 0 Å². The number of halogens is 1. The Kier molecular flexibility index (Phi) is 11.5. The number of rotatable bonds is 13. The number of aliphatic carboxylic acids is 1. The van der Waals surface area contributed by atoms with Crippen molar-refractivity contribution in [1.29, 1.82) is 0 Å². The van der Waals surface area contributed by atoms with E-state index in [1.54, 1.807) is 26.2 Å². The third kappa shape index (κ3) is 8.11. The van der Waals surface area contributed by atoms with Crippen LogP contribution in [0.15, 0.2) is 113 Å². The molecule has 3 aromatic carbocycles. The van der Waals surface area contributed by atoms with Crippen LogP contribution in [0.3, 0.4) is 0 Å². The van der Waals surface area contributed by atoms with E-state index in [0.717, 1.165) is 16.7 Å². The summed E-state index contributed by atoms with van der Waals surface area (Å²) in [5.41, 5.74) is 1.59. The zero-order valence-corrected chi connectivity index (χ0v) is 32.7. The Morgan fingerprint density at radius 3 is 2.04 bits per heavy atom. The normalized spacial score (nSPS) is 17.4. The first-order chi connectivity index (χ1) is 25.4. The number of carbonyl (C=O) groups is 4. The highest BCUT2D eigenvalue weighted by molar-refractivity contribution is 14.1. The van der Waals surface area contributed by atoms with E-state index in [0.29, 0.717) is 20.9 Å². The topological polar surface area (TPSA) is 160 Å². The molecular weight excluding hydrogens is 829 g/mol. The molecule has 1 aromatic heterocycles. The lowest BCUT2D eigenvalue weighted by molar-refractivity contribution is -0.160. The number of carbonyl (C=O) groups excluding carboxylic acids is 3. The van der Waals surface area contributed by atoms with Gasteiger partial charge in [-0.05, 0) is 43.0 Å². The molecule has 274 valence electrons. The van der Waals surface area contributed by atoms with Crippen molar-refractivity contribution < 1.29 is 33.9 Å². The second kappa shape index (κ2) is 16.1. The smallest absolute Gasteiger partial charge is 0.352 e. The maximum Gasteiger partial charge on any atom is 0.352 e. The Hall–Kier alpha value is -4.74. The number of amides is 2. The summed E-state index contributed by atoms with van der Waals surface area (Å²) in [6.45, 7) is 4.57. The third-order valence-electron chi connectivity index (χ3n) is 8.33. The van der Waals surface area contributed by atoms with Crippen LogP contribution >= 0.6 is 45.7 Å². The number of hydrogen-bond acceptors (Lipinski definition) is 11. The predicted molar refractivity (Wildman–Crippen MR) is 212 cm³/mol. The second-order valence-electron chi connectivity index (χ2n) is 13.1. The van der Waals surface area contributed by atoms with E-state index < -0.39 is 52.9 Å². The highest BCUT2D eigenvalue weighted by Gasteiger charge is 2.54. The molecule has 2 atom stereocenters. The molecule has 2 aliphatic heterocycles. The number of oxime groups is 1. The lowest BCUT2D eigenvalue weighted by Crippen LogP contribution is -2.71. The Morgan fingerprint density at radius 2 is 1.53 bits per heavy atom. The number of carboxylic acid groups (broad SMARTS) is 1. The van der Waals surface area contributed by atoms with E-state index in [2.05, 4.69) is 38.4 Å². The summed E-state index contributed by atoms with van der Waals surface area (Å²) in [6, 6.07) is 28.8. The van der Waals surface area contributed by atoms with E-state index in [1.165, 1.54) is 28.0 Å². The van der Waals surface area contributed by atoms with Crippen LogP contribution in [0.25, 0.3) is 0 Å². The average Bonchev–Trinajstić information content (AvgIpc) is 3.61. The van der Waals surface area contributed by atoms with Crippen LogP contribution in [-0.2, 0) is 34.3 Å². The zero-order valence-electron chi connectivity index (χ0n) is 28.9. The van der Waals surface area contributed by atoms with Gasteiger partial charge in [-0.3, -0.25) is 14.5 Å². The molecule has 15 heteroatoms. The summed E-state index contributed by atoms with van der Waals surface area (Å²) in [5.74, 6) is -2.83. The van der Waals surface area contributed by atoms with Crippen LogP contribution in [-0.4, -0.2) is 78.3 Å². The SMILES string of the molecule is CC(C)(C)OC(=O)CO/N=C(\C(=O)NC1C(=O)N2C(C(=O)O)=C(CI)CS[C@@H]12)c1csc(NC(c2ccccc2)(c2ccccc2)c2ccccc2)n1. The summed E-state index contributed by atoms with van der Waals surface area (Å²) in [6.07, 6.45) is 0. The van der Waals surface area contributed by atoms with Crippen molar-refractivity contribution in [2.45, 2.75) is 43.3 Å². The summed E-state index contributed by atoms with van der Waals surface area (Å²) < 4.78 is 5.77. The molecular formula is C38H36IN5O7S2. The minimum Gasteiger partial charge on any atom is -0.477 e. The minimum absolute atomic E-state index is 0.0535. The fraction of sp³-hybridized carbons (Fsp3) is 0.263. The maximum absolute atomic E-state index is 14.0. The number of nitrogens with one attached hydrogen (secondary N) is 2. The average molecular weight is 866 g/mol. The molecule has 1 fully saturated rings. The monoisotopic (exact) mass is 865 g/mol. The van der Waals surface area contributed by atoms with Gasteiger partial charge in [-0.2, -0.15) is 0 Å². The van der Waals surface area contributed by atoms with Crippen LogP contribution in [0, 0.1) is 0 Å². The number of alkyl halides is 1. The Morgan fingerprint density at radius 1 is 0.962 bits per heavy atom. The molecule has 3 heterocycles. The molecule has 6 rings (SSSR count). The lowest BCUT2D eigenvalue weighted by Gasteiger charge is -2.49. The van der Waals surface area contributed by atoms with Crippen LogP contribution < -0.4 is 10.6 Å². The van der Waals surface area contributed by atoms with Crippen molar-refractivity contribution in [1.82, 2.24) is 15.2 Å². The number of thiazole rings is 1. The first-order valence-electron chi connectivity index (χ1n) is 16.5. The van der Waals surface area contributed by atoms with Crippen LogP contribution in [0.2, 0.25) is 0 Å². The fourth-order valence-electron chi connectivity index (χ4n) is 6.10. The fourth-order valence-corrected chi connectivity index (χ4v) is 9.20. The highest BCUT2D eigenvalue weighted by atomic mass is 127. The van der Waals surface area contributed by atoms with Crippen LogP contribution in [0.5, 0.6) is 0 Å². The number of carboxylic acids is 1. The van der Waals surface area contributed by atoms with E-state index in [-0.39, 0.29) is 17.1 Å². The third-order valence-corrected chi connectivity index (χ3v) is 11.4. The van der Waals surface area contributed by atoms with E-state index in [1.807, 2.05) is 91.0 Å². The molecule has 1 saturated heterocycles. The van der Waals surface area contributed by atoms with Gasteiger partial charge in [-0.25, -0.2) is 14.6 Å². The first-order valence-corrected chi connectivity index (χ1v) is 20.0. The number of ether oxygens (including phenoxy) is 1. The van der Waals surface area contributed by atoms with Gasteiger partial charge in [0.1, 0.15) is 33.9 Å². The van der Waals surface area contributed by atoms with E-state index in [4.69, 9.17) is 14.6 Å². The maximum atomic E-state index is 14.0. The van der Waals surface area contributed by atoms with Crippen molar-refractivity contribution in [3.05, 3.63) is 130 Å². The van der Waals surface area contributed by atoms with Gasteiger partial charge in [0.25, 0.3) is 11.8 Å². The number of hydrogen-bond donors (Lipinski definition) is 3. The number of fused-ring (bicyclic) bond motifs is 1. The van der Waals surface area contributed by atoms with Gasteiger partial charge < -0.3 is 25.3 Å². The molecule has 0 radical (unpaired) electrons. The molecule has 0 aliphatic carbocycles. The summed E-state index contributed by atoms with van der Waals surface area (Å²) in [4.78, 5) is 63.1. The number of benzene rings is 3. The van der Waals surface area contributed by atoms with Gasteiger partial charge in [0.05, 0.1) is 0 Å². The molecule has 12 nitrogen and oxygen atoms in total. The number of thioether (sulfide) groups is 1. The van der Waals surface area contributed by atoms with Crippen molar-refractivity contribution in [3.8, 4) is 0 Å². The second-order valence-corrected chi connectivity index (χ2v) is 15.8. The first kappa shape index (κ1) is 38.0. The molecule has 0 saturated carbocycles. The molecule has 0 bridgehead atoms.